The van der Waals surface area contributed by atoms with Gasteiger partial charge in [-0.1, -0.05) is 51.7 Å². The van der Waals surface area contributed by atoms with Crippen molar-refractivity contribution in [1.82, 2.24) is 9.80 Å². The van der Waals surface area contributed by atoms with Gasteiger partial charge >= 0.3 is 5.97 Å². The fraction of sp³-hybridized carbons (Fsp3) is 0.565. The molecule has 2 heterocycles. The van der Waals surface area contributed by atoms with E-state index >= 15 is 0 Å². The number of fused-ring (bicyclic) bond motifs is 1. The Morgan fingerprint density at radius 2 is 1.50 bits per heavy atom. The lowest BCUT2D eigenvalue weighted by molar-refractivity contribution is -0.156. The number of amides is 3. The molecular formula is C23H30N2O5. The fourth-order valence-electron chi connectivity index (χ4n) is 4.08. The van der Waals surface area contributed by atoms with Crippen LogP contribution in [0.5, 0.6) is 0 Å². The SMILES string of the molecule is CC[C@H](C)[C@@H](C(=O)OCC(=O)N1CCCCCCC1)N1C(=O)c2ccccc2C1=O. The van der Waals surface area contributed by atoms with Crippen LogP contribution in [-0.4, -0.2) is 59.2 Å². The van der Waals surface area contributed by atoms with E-state index in [0.717, 1.165) is 30.6 Å². The highest BCUT2D eigenvalue weighted by Gasteiger charge is 2.45. The zero-order chi connectivity index (χ0) is 21.7. The zero-order valence-corrected chi connectivity index (χ0v) is 17.8. The van der Waals surface area contributed by atoms with Crippen molar-refractivity contribution in [2.75, 3.05) is 19.7 Å². The molecule has 2 aliphatic heterocycles. The van der Waals surface area contributed by atoms with Crippen LogP contribution in [0.3, 0.4) is 0 Å². The summed E-state index contributed by atoms with van der Waals surface area (Å²) in [5, 5.41) is 0. The number of nitrogens with zero attached hydrogens (tertiary/aromatic N) is 2. The first-order valence-electron chi connectivity index (χ1n) is 10.9. The third kappa shape index (κ3) is 4.55. The molecule has 1 aromatic rings. The number of imide groups is 1. The summed E-state index contributed by atoms with van der Waals surface area (Å²) < 4.78 is 5.35. The van der Waals surface area contributed by atoms with Crippen molar-refractivity contribution in [3.63, 3.8) is 0 Å². The van der Waals surface area contributed by atoms with Gasteiger partial charge in [-0.25, -0.2) is 4.79 Å². The predicted molar refractivity (Wildman–Crippen MR) is 111 cm³/mol. The Labute approximate surface area is 177 Å². The van der Waals surface area contributed by atoms with Crippen molar-refractivity contribution in [3.8, 4) is 0 Å². The largest absolute Gasteiger partial charge is 0.454 e. The molecule has 0 N–H and O–H groups in total. The van der Waals surface area contributed by atoms with Crippen LogP contribution in [-0.2, 0) is 14.3 Å². The standard InChI is InChI=1S/C23H30N2O5/c1-3-16(2)20(25-21(27)17-11-7-8-12-18(17)22(25)28)23(29)30-15-19(26)24-13-9-5-4-6-10-14-24/h7-8,11-12,16,20H,3-6,9-10,13-15H2,1-2H3/t16-,20-/m0/s1. The molecule has 162 valence electrons. The molecule has 3 rings (SSSR count). The van der Waals surface area contributed by atoms with E-state index in [9.17, 15) is 19.2 Å². The average molecular weight is 415 g/mol. The minimum Gasteiger partial charge on any atom is -0.454 e. The molecular weight excluding hydrogens is 384 g/mol. The highest BCUT2D eigenvalue weighted by Crippen LogP contribution is 2.28. The third-order valence-electron chi connectivity index (χ3n) is 6.07. The van der Waals surface area contributed by atoms with E-state index < -0.39 is 23.8 Å². The van der Waals surface area contributed by atoms with Crippen molar-refractivity contribution >= 4 is 23.7 Å². The highest BCUT2D eigenvalue weighted by molar-refractivity contribution is 6.22. The molecule has 7 heteroatoms. The van der Waals surface area contributed by atoms with Gasteiger partial charge in [0.05, 0.1) is 11.1 Å². The van der Waals surface area contributed by atoms with Gasteiger partial charge in [0.25, 0.3) is 17.7 Å². The summed E-state index contributed by atoms with van der Waals surface area (Å²) >= 11 is 0. The molecule has 0 aliphatic carbocycles. The summed E-state index contributed by atoms with van der Waals surface area (Å²) in [6.45, 7) is 4.66. The second kappa shape index (κ2) is 9.87. The Morgan fingerprint density at radius 1 is 0.967 bits per heavy atom. The van der Waals surface area contributed by atoms with Gasteiger partial charge < -0.3 is 9.64 Å². The van der Waals surface area contributed by atoms with Crippen LogP contribution in [0.25, 0.3) is 0 Å². The lowest BCUT2D eigenvalue weighted by Gasteiger charge is -2.29. The van der Waals surface area contributed by atoms with Gasteiger partial charge in [0, 0.05) is 13.1 Å². The lowest BCUT2D eigenvalue weighted by Crippen LogP contribution is -2.50. The van der Waals surface area contributed by atoms with Gasteiger partial charge in [0.15, 0.2) is 6.61 Å². The molecule has 0 spiro atoms. The Bertz CT molecular complexity index is 779. The summed E-state index contributed by atoms with van der Waals surface area (Å²) in [6.07, 6.45) is 5.86. The van der Waals surface area contributed by atoms with E-state index in [1.807, 2.05) is 6.92 Å². The maximum absolute atomic E-state index is 12.9. The molecule has 2 aliphatic rings. The number of likely N-dealkylation sites (tertiary alicyclic amines) is 1. The van der Waals surface area contributed by atoms with Crippen molar-refractivity contribution in [2.24, 2.45) is 5.92 Å². The normalized spacial score (nSPS) is 19.0. The lowest BCUT2D eigenvalue weighted by atomic mass is 9.97. The van der Waals surface area contributed by atoms with Crippen LogP contribution in [0.15, 0.2) is 24.3 Å². The Hall–Kier alpha value is -2.70. The van der Waals surface area contributed by atoms with Crippen molar-refractivity contribution in [2.45, 2.75) is 58.4 Å². The molecule has 0 saturated carbocycles. The minimum atomic E-state index is -1.05. The molecule has 2 atom stereocenters. The van der Waals surface area contributed by atoms with Gasteiger partial charge in [0.2, 0.25) is 0 Å². The van der Waals surface area contributed by atoms with Gasteiger partial charge in [-0.15, -0.1) is 0 Å². The van der Waals surface area contributed by atoms with Crippen LogP contribution in [0.4, 0.5) is 0 Å². The van der Waals surface area contributed by atoms with Crippen molar-refractivity contribution in [1.29, 1.82) is 0 Å². The Balaban J connectivity index is 1.70. The summed E-state index contributed by atoms with van der Waals surface area (Å²) in [6, 6.07) is 5.49. The Kier molecular flexibility index (Phi) is 7.24. The number of benzene rings is 1. The van der Waals surface area contributed by atoms with Crippen LogP contribution >= 0.6 is 0 Å². The number of hydrogen-bond acceptors (Lipinski definition) is 5. The molecule has 0 bridgehead atoms. The van der Waals surface area contributed by atoms with Gasteiger partial charge in [-0.3, -0.25) is 19.3 Å². The highest BCUT2D eigenvalue weighted by atomic mass is 16.5. The molecule has 0 aromatic heterocycles. The van der Waals surface area contributed by atoms with Crippen LogP contribution in [0, 0.1) is 5.92 Å². The van der Waals surface area contributed by atoms with Gasteiger partial charge in [-0.05, 0) is 30.9 Å². The fourth-order valence-corrected chi connectivity index (χ4v) is 4.08. The van der Waals surface area contributed by atoms with Crippen molar-refractivity contribution in [3.05, 3.63) is 35.4 Å². The number of carbonyl (C=O) groups excluding carboxylic acids is 4. The van der Waals surface area contributed by atoms with Crippen LogP contribution in [0.2, 0.25) is 0 Å². The molecule has 0 radical (unpaired) electrons. The number of rotatable bonds is 6. The molecule has 0 unspecified atom stereocenters. The average Bonchev–Trinajstić information content (AvgIpc) is 2.97. The van der Waals surface area contributed by atoms with Gasteiger partial charge in [0.1, 0.15) is 6.04 Å². The second-order valence-corrected chi connectivity index (χ2v) is 8.11. The molecule has 3 amide bonds. The summed E-state index contributed by atoms with van der Waals surface area (Å²) in [7, 11) is 0. The number of carbonyl (C=O) groups is 4. The maximum atomic E-state index is 12.9. The maximum Gasteiger partial charge on any atom is 0.330 e. The predicted octanol–water partition coefficient (Wildman–Crippen LogP) is 3.03. The van der Waals surface area contributed by atoms with Gasteiger partial charge in [-0.2, -0.15) is 0 Å². The first kappa shape index (κ1) is 22.0. The number of ether oxygens (including phenoxy) is 1. The molecule has 1 fully saturated rings. The van der Waals surface area contributed by atoms with E-state index in [1.54, 1.807) is 36.1 Å². The van der Waals surface area contributed by atoms with Crippen molar-refractivity contribution < 1.29 is 23.9 Å². The molecule has 1 aromatic carbocycles. The van der Waals surface area contributed by atoms with E-state index in [0.29, 0.717) is 30.6 Å². The molecule has 1 saturated heterocycles. The van der Waals surface area contributed by atoms with E-state index in [4.69, 9.17) is 4.74 Å². The third-order valence-corrected chi connectivity index (χ3v) is 6.07. The van der Waals surface area contributed by atoms with E-state index in [1.165, 1.54) is 6.42 Å². The van der Waals surface area contributed by atoms with Crippen LogP contribution in [0.1, 0.15) is 73.1 Å². The summed E-state index contributed by atoms with van der Waals surface area (Å²) in [5.41, 5.74) is 0.584. The first-order chi connectivity index (χ1) is 14.5. The second-order valence-electron chi connectivity index (χ2n) is 8.11. The monoisotopic (exact) mass is 414 g/mol. The molecule has 7 nitrogen and oxygen atoms in total. The van der Waals surface area contributed by atoms with E-state index in [2.05, 4.69) is 0 Å². The van der Waals surface area contributed by atoms with E-state index in [-0.39, 0.29) is 18.4 Å². The molecule has 30 heavy (non-hydrogen) atoms. The quantitative estimate of drug-likeness (QED) is 0.528. The summed E-state index contributed by atoms with van der Waals surface area (Å²) in [5.74, 6) is -2.22. The van der Waals surface area contributed by atoms with Crippen LogP contribution < -0.4 is 0 Å². The zero-order valence-electron chi connectivity index (χ0n) is 17.8. The summed E-state index contributed by atoms with van der Waals surface area (Å²) in [4.78, 5) is 54.0. The number of esters is 1. The smallest absolute Gasteiger partial charge is 0.330 e. The Morgan fingerprint density at radius 3 is 2.03 bits per heavy atom. The number of hydrogen-bond donors (Lipinski definition) is 0. The topological polar surface area (TPSA) is 84.0 Å². The minimum absolute atomic E-state index is 0.226. The first-order valence-corrected chi connectivity index (χ1v) is 10.9.